The maximum Gasteiger partial charge on any atom is 0.225 e. The zero-order valence-electron chi connectivity index (χ0n) is 12.5. The fourth-order valence-electron chi connectivity index (χ4n) is 1.96. The molecule has 2 aromatic rings. The molecule has 4 nitrogen and oxygen atoms in total. The van der Waals surface area contributed by atoms with Crippen LogP contribution in [0.25, 0.3) is 0 Å². The standard InChI is InChI=1S/C17H17ClN2O2/c1-11-3-4-13(9-12(11)2)15(21)5-6-17(22)20-16-10-14(18)7-8-19-16/h3-4,7-10H,5-6H2,1-2H3,(H,19,20,22). The molecule has 0 unspecified atom stereocenters. The van der Waals surface area contributed by atoms with Crippen LogP contribution in [0.3, 0.4) is 0 Å². The van der Waals surface area contributed by atoms with E-state index in [4.69, 9.17) is 11.6 Å². The van der Waals surface area contributed by atoms with Crippen LogP contribution < -0.4 is 5.32 Å². The van der Waals surface area contributed by atoms with E-state index in [0.29, 0.717) is 16.4 Å². The second kappa shape index (κ2) is 7.18. The number of aromatic nitrogens is 1. The summed E-state index contributed by atoms with van der Waals surface area (Å²) in [5.41, 5.74) is 2.84. The first-order chi connectivity index (χ1) is 10.5. The van der Waals surface area contributed by atoms with Crippen molar-refractivity contribution in [1.82, 2.24) is 4.98 Å². The Morgan fingerprint density at radius 2 is 1.86 bits per heavy atom. The number of nitrogens with one attached hydrogen (secondary N) is 1. The van der Waals surface area contributed by atoms with Gasteiger partial charge < -0.3 is 5.32 Å². The normalized spacial score (nSPS) is 10.3. The summed E-state index contributed by atoms with van der Waals surface area (Å²) >= 11 is 5.82. The highest BCUT2D eigenvalue weighted by Gasteiger charge is 2.11. The number of nitrogens with zero attached hydrogens (tertiary/aromatic N) is 1. The number of pyridine rings is 1. The van der Waals surface area contributed by atoms with Gasteiger partial charge in [0.15, 0.2) is 5.78 Å². The highest BCUT2D eigenvalue weighted by Crippen LogP contribution is 2.14. The first-order valence-electron chi connectivity index (χ1n) is 6.97. The SMILES string of the molecule is Cc1ccc(C(=O)CCC(=O)Nc2cc(Cl)ccn2)cc1C. The molecule has 1 heterocycles. The highest BCUT2D eigenvalue weighted by molar-refractivity contribution is 6.30. The van der Waals surface area contributed by atoms with E-state index in [-0.39, 0.29) is 24.5 Å². The smallest absolute Gasteiger partial charge is 0.225 e. The number of Topliss-reactive ketones (excluding diaryl/α,β-unsaturated/α-hetero) is 1. The minimum Gasteiger partial charge on any atom is -0.311 e. The molecule has 0 saturated heterocycles. The van der Waals surface area contributed by atoms with E-state index in [1.807, 2.05) is 26.0 Å². The lowest BCUT2D eigenvalue weighted by Crippen LogP contribution is -2.14. The van der Waals surface area contributed by atoms with Gasteiger partial charge in [-0.05, 0) is 43.2 Å². The summed E-state index contributed by atoms with van der Waals surface area (Å²) in [7, 11) is 0. The first kappa shape index (κ1) is 16.2. The van der Waals surface area contributed by atoms with Gasteiger partial charge in [-0.3, -0.25) is 9.59 Å². The molecule has 0 radical (unpaired) electrons. The number of hydrogen-bond acceptors (Lipinski definition) is 3. The maximum absolute atomic E-state index is 12.1. The van der Waals surface area contributed by atoms with Crippen LogP contribution in [0.1, 0.15) is 34.3 Å². The zero-order valence-corrected chi connectivity index (χ0v) is 13.3. The van der Waals surface area contributed by atoms with Gasteiger partial charge in [-0.15, -0.1) is 0 Å². The van der Waals surface area contributed by atoms with Crippen LogP contribution in [0, 0.1) is 13.8 Å². The van der Waals surface area contributed by atoms with Crippen molar-refractivity contribution in [2.24, 2.45) is 0 Å². The molecule has 5 heteroatoms. The lowest BCUT2D eigenvalue weighted by atomic mass is 10.0. The quantitative estimate of drug-likeness (QED) is 0.850. The fraction of sp³-hybridized carbons (Fsp3) is 0.235. The van der Waals surface area contributed by atoms with Crippen LogP contribution in [-0.4, -0.2) is 16.7 Å². The zero-order chi connectivity index (χ0) is 16.1. The van der Waals surface area contributed by atoms with Crippen molar-refractivity contribution in [3.63, 3.8) is 0 Å². The maximum atomic E-state index is 12.1. The number of carbonyl (C=O) groups excluding carboxylic acids is 2. The van der Waals surface area contributed by atoms with Crippen molar-refractivity contribution in [3.8, 4) is 0 Å². The molecule has 1 N–H and O–H groups in total. The van der Waals surface area contributed by atoms with Crippen LogP contribution in [0.15, 0.2) is 36.5 Å². The van der Waals surface area contributed by atoms with E-state index in [9.17, 15) is 9.59 Å². The average Bonchev–Trinajstić information content (AvgIpc) is 2.47. The van der Waals surface area contributed by atoms with Gasteiger partial charge in [-0.2, -0.15) is 0 Å². The van der Waals surface area contributed by atoms with Gasteiger partial charge in [0.25, 0.3) is 0 Å². The third kappa shape index (κ3) is 4.40. The number of amides is 1. The van der Waals surface area contributed by atoms with Crippen LogP contribution in [-0.2, 0) is 4.79 Å². The highest BCUT2D eigenvalue weighted by atomic mass is 35.5. The van der Waals surface area contributed by atoms with Gasteiger partial charge in [-0.1, -0.05) is 23.7 Å². The number of aryl methyl sites for hydroxylation is 2. The summed E-state index contributed by atoms with van der Waals surface area (Å²) < 4.78 is 0. The summed E-state index contributed by atoms with van der Waals surface area (Å²) in [5, 5.41) is 3.12. The number of carbonyl (C=O) groups is 2. The van der Waals surface area contributed by atoms with Crippen LogP contribution in [0.5, 0.6) is 0 Å². The van der Waals surface area contributed by atoms with E-state index in [2.05, 4.69) is 10.3 Å². The van der Waals surface area contributed by atoms with Crippen molar-refractivity contribution in [2.75, 3.05) is 5.32 Å². The van der Waals surface area contributed by atoms with Gasteiger partial charge in [0.2, 0.25) is 5.91 Å². The molecule has 0 saturated carbocycles. The molecule has 0 aliphatic carbocycles. The Kier molecular flexibility index (Phi) is 5.28. The number of anilines is 1. The van der Waals surface area contributed by atoms with Gasteiger partial charge in [0, 0.05) is 29.6 Å². The molecule has 0 bridgehead atoms. The van der Waals surface area contributed by atoms with Crippen LogP contribution >= 0.6 is 11.6 Å². The van der Waals surface area contributed by atoms with Crippen molar-refractivity contribution in [1.29, 1.82) is 0 Å². The van der Waals surface area contributed by atoms with E-state index in [0.717, 1.165) is 11.1 Å². The Morgan fingerprint density at radius 3 is 2.55 bits per heavy atom. The van der Waals surface area contributed by atoms with E-state index in [1.165, 1.54) is 6.20 Å². The fourth-order valence-corrected chi connectivity index (χ4v) is 2.12. The Morgan fingerprint density at radius 1 is 1.09 bits per heavy atom. The summed E-state index contributed by atoms with van der Waals surface area (Å²) in [6.07, 6.45) is 1.78. The van der Waals surface area contributed by atoms with Crippen LogP contribution in [0.2, 0.25) is 5.02 Å². The molecule has 114 valence electrons. The van der Waals surface area contributed by atoms with Gasteiger partial charge >= 0.3 is 0 Å². The van der Waals surface area contributed by atoms with Crippen LogP contribution in [0.4, 0.5) is 5.82 Å². The van der Waals surface area contributed by atoms with Crippen molar-refractivity contribution < 1.29 is 9.59 Å². The Bertz CT molecular complexity index is 714. The number of ketones is 1. The largest absolute Gasteiger partial charge is 0.311 e. The summed E-state index contributed by atoms with van der Waals surface area (Å²) in [6.45, 7) is 3.96. The van der Waals surface area contributed by atoms with E-state index in [1.54, 1.807) is 18.2 Å². The molecule has 1 aromatic heterocycles. The molecule has 1 amide bonds. The second-order valence-corrected chi connectivity index (χ2v) is 5.57. The summed E-state index contributed by atoms with van der Waals surface area (Å²) in [6, 6.07) is 8.75. The van der Waals surface area contributed by atoms with E-state index >= 15 is 0 Å². The molecule has 0 aliphatic heterocycles. The topological polar surface area (TPSA) is 59.1 Å². The molecule has 1 aromatic carbocycles. The minimum atomic E-state index is -0.257. The predicted octanol–water partition coefficient (Wildman–Crippen LogP) is 3.95. The summed E-state index contributed by atoms with van der Waals surface area (Å²) in [4.78, 5) is 27.9. The molecular weight excluding hydrogens is 300 g/mol. The lowest BCUT2D eigenvalue weighted by molar-refractivity contribution is -0.116. The molecule has 0 atom stereocenters. The third-order valence-electron chi connectivity index (χ3n) is 3.40. The number of halogens is 1. The average molecular weight is 317 g/mol. The molecular formula is C17H17ClN2O2. The summed E-state index contributed by atoms with van der Waals surface area (Å²) in [5.74, 6) is 0.0837. The Balaban J connectivity index is 1.90. The van der Waals surface area contributed by atoms with Gasteiger partial charge in [-0.25, -0.2) is 4.98 Å². The van der Waals surface area contributed by atoms with Crippen molar-refractivity contribution >= 4 is 29.1 Å². The Labute approximate surface area is 134 Å². The second-order valence-electron chi connectivity index (χ2n) is 5.13. The number of benzene rings is 1. The van der Waals surface area contributed by atoms with Crippen molar-refractivity contribution in [3.05, 3.63) is 58.2 Å². The molecule has 0 aliphatic rings. The van der Waals surface area contributed by atoms with Gasteiger partial charge in [0.1, 0.15) is 5.82 Å². The minimum absolute atomic E-state index is 0.0442. The lowest BCUT2D eigenvalue weighted by Gasteiger charge is -2.06. The molecule has 2 rings (SSSR count). The number of rotatable bonds is 5. The molecule has 0 spiro atoms. The monoisotopic (exact) mass is 316 g/mol. The first-order valence-corrected chi connectivity index (χ1v) is 7.35. The Hall–Kier alpha value is -2.20. The molecule has 0 fully saturated rings. The third-order valence-corrected chi connectivity index (χ3v) is 3.63. The predicted molar refractivity (Wildman–Crippen MR) is 87.4 cm³/mol. The van der Waals surface area contributed by atoms with Crippen molar-refractivity contribution in [2.45, 2.75) is 26.7 Å². The van der Waals surface area contributed by atoms with Gasteiger partial charge in [0.05, 0.1) is 0 Å². The van der Waals surface area contributed by atoms with E-state index < -0.39 is 0 Å². The molecule has 22 heavy (non-hydrogen) atoms. The number of hydrogen-bond donors (Lipinski definition) is 1.